The molecule has 0 amide bonds. The van der Waals surface area contributed by atoms with Crippen LogP contribution in [0.3, 0.4) is 0 Å². The maximum absolute atomic E-state index is 12.3. The van der Waals surface area contributed by atoms with Gasteiger partial charge in [-0.15, -0.1) is 0 Å². The lowest BCUT2D eigenvalue weighted by molar-refractivity contribution is 0.0102. The molecule has 3 heteroatoms. The van der Waals surface area contributed by atoms with E-state index in [4.69, 9.17) is 4.74 Å². The molecule has 0 aromatic rings. The van der Waals surface area contributed by atoms with Gasteiger partial charge in [0.25, 0.3) is 0 Å². The van der Waals surface area contributed by atoms with Crippen molar-refractivity contribution in [3.8, 4) is 0 Å². The highest BCUT2D eigenvalue weighted by Crippen LogP contribution is 2.21. The van der Waals surface area contributed by atoms with Crippen LogP contribution in [0.15, 0.2) is 12.3 Å². The SMILES string of the molecule is C=C(CCCC(C)(F)F)OCC. The van der Waals surface area contributed by atoms with Crippen LogP contribution in [-0.2, 0) is 4.74 Å². The van der Waals surface area contributed by atoms with Crippen LogP contribution < -0.4 is 0 Å². The number of ether oxygens (including phenoxy) is 1. The Bertz CT molecular complexity index is 138. The second kappa shape index (κ2) is 5.12. The summed E-state index contributed by atoms with van der Waals surface area (Å²) in [5.74, 6) is -1.96. The second-order valence-corrected chi connectivity index (χ2v) is 2.90. The normalized spacial score (nSPS) is 11.3. The first kappa shape index (κ1) is 11.4. The van der Waals surface area contributed by atoms with E-state index in [1.54, 1.807) is 0 Å². The molecule has 1 nitrogen and oxygen atoms in total. The first-order valence-electron chi connectivity index (χ1n) is 4.14. The summed E-state index contributed by atoms with van der Waals surface area (Å²) < 4.78 is 29.6. The Kier molecular flexibility index (Phi) is 4.86. The van der Waals surface area contributed by atoms with E-state index in [1.165, 1.54) is 0 Å². The van der Waals surface area contributed by atoms with Crippen LogP contribution in [0.4, 0.5) is 8.78 Å². The second-order valence-electron chi connectivity index (χ2n) is 2.90. The molecule has 0 saturated carbocycles. The third kappa shape index (κ3) is 7.51. The third-order valence-electron chi connectivity index (χ3n) is 1.42. The quantitative estimate of drug-likeness (QED) is 0.567. The molecule has 0 aromatic heterocycles. The van der Waals surface area contributed by atoms with Crippen molar-refractivity contribution in [3.05, 3.63) is 12.3 Å². The topological polar surface area (TPSA) is 9.23 Å². The van der Waals surface area contributed by atoms with Gasteiger partial charge in [-0.25, -0.2) is 8.78 Å². The molecule has 0 bridgehead atoms. The van der Waals surface area contributed by atoms with Crippen LogP contribution in [0.2, 0.25) is 0 Å². The number of alkyl halides is 2. The molecule has 0 aliphatic rings. The minimum Gasteiger partial charge on any atom is -0.499 e. The highest BCUT2D eigenvalue weighted by Gasteiger charge is 2.19. The van der Waals surface area contributed by atoms with Gasteiger partial charge >= 0.3 is 0 Å². The van der Waals surface area contributed by atoms with Gasteiger partial charge in [0, 0.05) is 12.8 Å². The fraction of sp³-hybridized carbons (Fsp3) is 0.778. The number of hydrogen-bond acceptors (Lipinski definition) is 1. The number of hydrogen-bond donors (Lipinski definition) is 0. The highest BCUT2D eigenvalue weighted by molar-refractivity contribution is 4.82. The summed E-state index contributed by atoms with van der Waals surface area (Å²) in [5, 5.41) is 0. The zero-order chi connectivity index (χ0) is 9.61. The van der Waals surface area contributed by atoms with Crippen LogP contribution in [0.5, 0.6) is 0 Å². The fourth-order valence-corrected chi connectivity index (χ4v) is 0.872. The van der Waals surface area contributed by atoms with E-state index >= 15 is 0 Å². The molecule has 0 aliphatic carbocycles. The zero-order valence-corrected chi connectivity index (χ0v) is 7.70. The summed E-state index contributed by atoms with van der Waals surface area (Å²) in [6.45, 7) is 6.93. The van der Waals surface area contributed by atoms with Gasteiger partial charge in [0.05, 0.1) is 12.4 Å². The smallest absolute Gasteiger partial charge is 0.245 e. The van der Waals surface area contributed by atoms with Gasteiger partial charge in [-0.1, -0.05) is 6.58 Å². The number of rotatable bonds is 6. The molecule has 72 valence electrons. The zero-order valence-electron chi connectivity index (χ0n) is 7.70. The summed E-state index contributed by atoms with van der Waals surface area (Å²) in [6.07, 6.45) is 0.860. The predicted molar refractivity (Wildman–Crippen MR) is 45.2 cm³/mol. The van der Waals surface area contributed by atoms with E-state index in [1.807, 2.05) is 6.92 Å². The molecule has 0 rings (SSSR count). The van der Waals surface area contributed by atoms with Crippen LogP contribution in [0.1, 0.15) is 33.1 Å². The van der Waals surface area contributed by atoms with E-state index in [2.05, 4.69) is 6.58 Å². The van der Waals surface area contributed by atoms with Gasteiger partial charge in [-0.2, -0.15) is 0 Å². The standard InChI is InChI=1S/C9H16F2O/c1-4-12-8(2)6-5-7-9(3,10)11/h2,4-7H2,1,3H3. The maximum Gasteiger partial charge on any atom is 0.245 e. The lowest BCUT2D eigenvalue weighted by Gasteiger charge is -2.10. The average Bonchev–Trinajstić information content (AvgIpc) is 1.84. The fourth-order valence-electron chi connectivity index (χ4n) is 0.872. The van der Waals surface area contributed by atoms with Gasteiger partial charge in [0.2, 0.25) is 5.92 Å². The van der Waals surface area contributed by atoms with E-state index in [0.29, 0.717) is 25.2 Å². The molecule has 0 spiro atoms. The molecular weight excluding hydrogens is 162 g/mol. The first-order valence-corrected chi connectivity index (χ1v) is 4.14. The molecule has 0 saturated heterocycles. The molecule has 0 N–H and O–H groups in total. The van der Waals surface area contributed by atoms with Crippen molar-refractivity contribution in [1.82, 2.24) is 0 Å². The van der Waals surface area contributed by atoms with Crippen LogP contribution in [0.25, 0.3) is 0 Å². The molecule has 0 aliphatic heterocycles. The molecule has 0 unspecified atom stereocenters. The monoisotopic (exact) mass is 178 g/mol. The van der Waals surface area contributed by atoms with Gasteiger partial charge in [-0.05, 0) is 20.3 Å². The largest absolute Gasteiger partial charge is 0.499 e. The Morgan fingerprint density at radius 2 is 2.08 bits per heavy atom. The summed E-state index contributed by atoms with van der Waals surface area (Å²) >= 11 is 0. The van der Waals surface area contributed by atoms with Crippen LogP contribution in [-0.4, -0.2) is 12.5 Å². The van der Waals surface area contributed by atoms with Crippen molar-refractivity contribution >= 4 is 0 Å². The van der Waals surface area contributed by atoms with Gasteiger partial charge in [-0.3, -0.25) is 0 Å². The van der Waals surface area contributed by atoms with Crippen molar-refractivity contribution in [1.29, 1.82) is 0 Å². The predicted octanol–water partition coefficient (Wildman–Crippen LogP) is 3.36. The number of halogens is 2. The molecular formula is C9H16F2O. The minimum atomic E-state index is -2.56. The maximum atomic E-state index is 12.3. The highest BCUT2D eigenvalue weighted by atomic mass is 19.3. The molecule has 0 heterocycles. The Hall–Kier alpha value is -0.600. The van der Waals surface area contributed by atoms with Crippen LogP contribution >= 0.6 is 0 Å². The van der Waals surface area contributed by atoms with Crippen molar-refractivity contribution in [2.45, 2.75) is 39.0 Å². The van der Waals surface area contributed by atoms with E-state index in [-0.39, 0.29) is 6.42 Å². The van der Waals surface area contributed by atoms with Crippen LogP contribution in [0, 0.1) is 0 Å². The van der Waals surface area contributed by atoms with Gasteiger partial charge in [0.1, 0.15) is 0 Å². The van der Waals surface area contributed by atoms with Crippen molar-refractivity contribution in [2.24, 2.45) is 0 Å². The summed E-state index contributed by atoms with van der Waals surface area (Å²) in [4.78, 5) is 0. The average molecular weight is 178 g/mol. The lowest BCUT2D eigenvalue weighted by Crippen LogP contribution is -2.08. The third-order valence-corrected chi connectivity index (χ3v) is 1.42. The van der Waals surface area contributed by atoms with Gasteiger partial charge < -0.3 is 4.74 Å². The Morgan fingerprint density at radius 1 is 1.50 bits per heavy atom. The molecule has 0 atom stereocenters. The van der Waals surface area contributed by atoms with E-state index in [9.17, 15) is 8.78 Å². The Balaban J connectivity index is 3.37. The van der Waals surface area contributed by atoms with E-state index < -0.39 is 5.92 Å². The van der Waals surface area contributed by atoms with Crippen molar-refractivity contribution in [3.63, 3.8) is 0 Å². The first-order chi connectivity index (χ1) is 5.45. The summed E-state index contributed by atoms with van der Waals surface area (Å²) in [5.41, 5.74) is 0. The van der Waals surface area contributed by atoms with Crippen molar-refractivity contribution < 1.29 is 13.5 Å². The van der Waals surface area contributed by atoms with Gasteiger partial charge in [0.15, 0.2) is 0 Å². The summed E-state index contributed by atoms with van der Waals surface area (Å²) in [6, 6.07) is 0. The lowest BCUT2D eigenvalue weighted by atomic mass is 10.1. The Morgan fingerprint density at radius 3 is 2.50 bits per heavy atom. The molecule has 12 heavy (non-hydrogen) atoms. The number of allylic oxidation sites excluding steroid dienone is 1. The van der Waals surface area contributed by atoms with Crippen molar-refractivity contribution in [2.75, 3.05) is 6.61 Å². The van der Waals surface area contributed by atoms with E-state index in [0.717, 1.165) is 6.92 Å². The summed E-state index contributed by atoms with van der Waals surface area (Å²) in [7, 11) is 0. The molecule has 0 radical (unpaired) electrons. The molecule has 0 fully saturated rings. The minimum absolute atomic E-state index is 0.0981. The Labute approximate surface area is 72.4 Å². The molecule has 0 aromatic carbocycles.